The van der Waals surface area contributed by atoms with E-state index >= 15 is 0 Å². The molecule has 3 unspecified atom stereocenters. The highest BCUT2D eigenvalue weighted by Gasteiger charge is 2.31. The van der Waals surface area contributed by atoms with Gasteiger partial charge in [-0.15, -0.1) is 0 Å². The topological polar surface area (TPSA) is 166 Å². The number of carboxylic acid groups (broad SMARTS) is 1. The summed E-state index contributed by atoms with van der Waals surface area (Å²) in [6.07, 6.45) is 2.75. The van der Waals surface area contributed by atoms with E-state index in [1.165, 1.54) is 0 Å². The SMILES string of the molecule is NC(=O)CC(NC(=O)C1CCCN1)C(=O)NC(Cc1c[nH]c2ccccc12)C(=O)O. The molecule has 1 fully saturated rings. The molecule has 1 aliphatic heterocycles. The lowest BCUT2D eigenvalue weighted by molar-refractivity contribution is -0.142. The maximum Gasteiger partial charge on any atom is 0.326 e. The van der Waals surface area contributed by atoms with Crippen molar-refractivity contribution in [1.82, 2.24) is 20.9 Å². The number of nitrogens with two attached hydrogens (primary N) is 1. The summed E-state index contributed by atoms with van der Waals surface area (Å²) in [5, 5.41) is 18.4. The number of hydrogen-bond donors (Lipinski definition) is 6. The molecule has 3 rings (SSSR count). The van der Waals surface area contributed by atoms with Crippen LogP contribution in [0.4, 0.5) is 0 Å². The number of fused-ring (bicyclic) bond motifs is 1. The van der Waals surface area contributed by atoms with E-state index in [0.29, 0.717) is 13.0 Å². The van der Waals surface area contributed by atoms with Gasteiger partial charge < -0.3 is 31.8 Å². The third kappa shape index (κ3) is 5.15. The van der Waals surface area contributed by atoms with Gasteiger partial charge in [0.2, 0.25) is 17.7 Å². The standard InChI is InChI=1S/C20H25N5O5/c21-17(26)9-15(24-18(27)14-6-3-7-22-14)19(28)25-16(20(29)30)8-11-10-23-13-5-2-1-4-12(11)13/h1-2,4-5,10,14-16,22-23H,3,6-9H2,(H2,21,26)(H,24,27)(H,25,28)(H,29,30). The molecule has 3 amide bonds. The van der Waals surface area contributed by atoms with Crippen molar-refractivity contribution >= 4 is 34.6 Å². The van der Waals surface area contributed by atoms with Gasteiger partial charge >= 0.3 is 5.97 Å². The molecule has 0 saturated carbocycles. The van der Waals surface area contributed by atoms with Crippen molar-refractivity contribution in [2.45, 2.75) is 43.8 Å². The normalized spacial score (nSPS) is 17.9. The Hall–Kier alpha value is -3.40. The van der Waals surface area contributed by atoms with Crippen molar-refractivity contribution < 1.29 is 24.3 Å². The number of nitrogens with one attached hydrogen (secondary N) is 4. The summed E-state index contributed by atoms with van der Waals surface area (Å²) in [7, 11) is 0. The van der Waals surface area contributed by atoms with E-state index in [1.54, 1.807) is 6.20 Å². The van der Waals surface area contributed by atoms with Crippen LogP contribution in [0.15, 0.2) is 30.5 Å². The van der Waals surface area contributed by atoms with Crippen molar-refractivity contribution in [2.75, 3.05) is 6.54 Å². The first-order chi connectivity index (χ1) is 14.3. The van der Waals surface area contributed by atoms with Crippen molar-refractivity contribution in [2.24, 2.45) is 5.73 Å². The molecular formula is C20H25N5O5. The summed E-state index contributed by atoms with van der Waals surface area (Å²) in [6.45, 7) is 0.691. The van der Waals surface area contributed by atoms with Crippen LogP contribution in [-0.2, 0) is 25.6 Å². The minimum Gasteiger partial charge on any atom is -0.480 e. The van der Waals surface area contributed by atoms with Gasteiger partial charge in [0.25, 0.3) is 0 Å². The summed E-state index contributed by atoms with van der Waals surface area (Å²) in [6, 6.07) is 4.47. The number of rotatable bonds is 9. The number of carbonyl (C=O) groups excluding carboxylic acids is 3. The maximum atomic E-state index is 12.7. The third-order valence-corrected chi connectivity index (χ3v) is 5.13. The lowest BCUT2D eigenvalue weighted by atomic mass is 10.0. The molecule has 1 aromatic heterocycles. The number of aromatic amines is 1. The summed E-state index contributed by atoms with van der Waals surface area (Å²) in [5.41, 5.74) is 6.80. The average Bonchev–Trinajstić information content (AvgIpc) is 3.37. The molecule has 160 valence electrons. The Kier molecular flexibility index (Phi) is 6.68. The van der Waals surface area contributed by atoms with Crippen LogP contribution < -0.4 is 21.7 Å². The second-order valence-corrected chi connectivity index (χ2v) is 7.34. The van der Waals surface area contributed by atoms with Crippen LogP contribution in [0.5, 0.6) is 0 Å². The van der Waals surface area contributed by atoms with E-state index in [0.717, 1.165) is 22.9 Å². The molecule has 0 aliphatic carbocycles. The molecule has 30 heavy (non-hydrogen) atoms. The van der Waals surface area contributed by atoms with Gasteiger partial charge in [0.1, 0.15) is 12.1 Å². The lowest BCUT2D eigenvalue weighted by Gasteiger charge is -2.22. The molecule has 10 nitrogen and oxygen atoms in total. The molecule has 0 spiro atoms. The van der Waals surface area contributed by atoms with Crippen molar-refractivity contribution in [3.63, 3.8) is 0 Å². The fraction of sp³-hybridized carbons (Fsp3) is 0.400. The quantitative estimate of drug-likeness (QED) is 0.320. The number of amides is 3. The van der Waals surface area contributed by atoms with E-state index in [4.69, 9.17) is 5.73 Å². The van der Waals surface area contributed by atoms with Crippen LogP contribution in [0.1, 0.15) is 24.8 Å². The van der Waals surface area contributed by atoms with Gasteiger partial charge in [-0.1, -0.05) is 18.2 Å². The van der Waals surface area contributed by atoms with E-state index < -0.39 is 48.2 Å². The monoisotopic (exact) mass is 415 g/mol. The molecule has 1 aromatic carbocycles. The van der Waals surface area contributed by atoms with Crippen LogP contribution in [0.25, 0.3) is 10.9 Å². The zero-order valence-corrected chi connectivity index (χ0v) is 16.3. The highest BCUT2D eigenvalue weighted by atomic mass is 16.4. The molecule has 3 atom stereocenters. The van der Waals surface area contributed by atoms with Gasteiger partial charge in [0.15, 0.2) is 0 Å². The first-order valence-corrected chi connectivity index (χ1v) is 9.75. The zero-order chi connectivity index (χ0) is 21.7. The predicted octanol–water partition coefficient (Wildman–Crippen LogP) is -0.608. The fourth-order valence-electron chi connectivity index (χ4n) is 3.58. The first-order valence-electron chi connectivity index (χ1n) is 9.75. The van der Waals surface area contributed by atoms with Gasteiger partial charge in [-0.25, -0.2) is 4.79 Å². The first kappa shape index (κ1) is 21.3. The van der Waals surface area contributed by atoms with E-state index in [1.807, 2.05) is 24.3 Å². The van der Waals surface area contributed by atoms with Crippen LogP contribution in [0, 0.1) is 0 Å². The number of H-pyrrole nitrogens is 1. The van der Waals surface area contributed by atoms with Gasteiger partial charge in [-0.3, -0.25) is 14.4 Å². The van der Waals surface area contributed by atoms with Crippen molar-refractivity contribution in [1.29, 1.82) is 0 Å². The molecule has 7 N–H and O–H groups in total. The van der Waals surface area contributed by atoms with Crippen molar-refractivity contribution in [3.05, 3.63) is 36.0 Å². The number of para-hydroxylation sites is 1. The minimum atomic E-state index is -1.25. The van der Waals surface area contributed by atoms with Gasteiger partial charge in [-0.05, 0) is 31.0 Å². The highest BCUT2D eigenvalue weighted by Crippen LogP contribution is 2.19. The Morgan fingerprint density at radius 3 is 2.60 bits per heavy atom. The lowest BCUT2D eigenvalue weighted by Crippen LogP contribution is -2.55. The van der Waals surface area contributed by atoms with Crippen LogP contribution in [0.2, 0.25) is 0 Å². The van der Waals surface area contributed by atoms with Crippen LogP contribution in [0.3, 0.4) is 0 Å². The number of benzene rings is 1. The minimum absolute atomic E-state index is 0.0342. The molecule has 10 heteroatoms. The van der Waals surface area contributed by atoms with Crippen molar-refractivity contribution in [3.8, 4) is 0 Å². The van der Waals surface area contributed by atoms with E-state index in [-0.39, 0.29) is 6.42 Å². The largest absolute Gasteiger partial charge is 0.480 e. The smallest absolute Gasteiger partial charge is 0.326 e. The predicted molar refractivity (Wildman–Crippen MR) is 108 cm³/mol. The van der Waals surface area contributed by atoms with E-state index in [2.05, 4.69) is 20.9 Å². The number of carboxylic acids is 1. The Balaban J connectivity index is 1.71. The second kappa shape index (κ2) is 9.40. The fourth-order valence-corrected chi connectivity index (χ4v) is 3.58. The van der Waals surface area contributed by atoms with Crippen LogP contribution in [-0.4, -0.2) is 58.5 Å². The number of carbonyl (C=O) groups is 4. The number of aliphatic carboxylic acids is 1. The maximum absolute atomic E-state index is 12.7. The number of hydrogen-bond acceptors (Lipinski definition) is 5. The van der Waals surface area contributed by atoms with Gasteiger partial charge in [-0.2, -0.15) is 0 Å². The van der Waals surface area contributed by atoms with Crippen LogP contribution >= 0.6 is 0 Å². The molecule has 2 heterocycles. The number of primary amides is 1. The molecule has 2 aromatic rings. The summed E-state index contributed by atoms with van der Waals surface area (Å²) in [5.74, 6) is -3.20. The Labute approximate surface area is 172 Å². The molecule has 0 bridgehead atoms. The molecule has 1 aliphatic rings. The van der Waals surface area contributed by atoms with E-state index in [9.17, 15) is 24.3 Å². The average molecular weight is 415 g/mol. The zero-order valence-electron chi connectivity index (χ0n) is 16.3. The third-order valence-electron chi connectivity index (χ3n) is 5.13. The molecule has 0 radical (unpaired) electrons. The second-order valence-electron chi connectivity index (χ2n) is 7.34. The highest BCUT2D eigenvalue weighted by molar-refractivity contribution is 5.95. The molecular weight excluding hydrogens is 390 g/mol. The van der Waals surface area contributed by atoms with Gasteiger partial charge in [0, 0.05) is 23.5 Å². The Morgan fingerprint density at radius 2 is 1.93 bits per heavy atom. The summed E-state index contributed by atoms with van der Waals surface area (Å²) in [4.78, 5) is 51.3. The Morgan fingerprint density at radius 1 is 1.17 bits per heavy atom. The van der Waals surface area contributed by atoms with Gasteiger partial charge in [0.05, 0.1) is 12.5 Å². The Bertz CT molecular complexity index is 950. The number of aromatic nitrogens is 1. The molecule has 1 saturated heterocycles. The summed E-state index contributed by atoms with van der Waals surface area (Å²) < 4.78 is 0. The summed E-state index contributed by atoms with van der Waals surface area (Å²) >= 11 is 0.